The molecular weight excluding hydrogens is 920 g/mol. The Balaban J connectivity index is 0.000000179. The highest BCUT2D eigenvalue weighted by molar-refractivity contribution is 7.98. The second-order valence-corrected chi connectivity index (χ2v) is 21.0. The van der Waals surface area contributed by atoms with Gasteiger partial charge in [-0.1, -0.05) is 11.8 Å². The summed E-state index contributed by atoms with van der Waals surface area (Å²) in [5.41, 5.74) is 10.6. The van der Waals surface area contributed by atoms with Crippen LogP contribution in [0.5, 0.6) is 0 Å². The minimum Gasteiger partial charge on any atom is -0.390 e. The summed E-state index contributed by atoms with van der Waals surface area (Å²) in [6.07, 6.45) is -0.129. The van der Waals surface area contributed by atoms with Crippen molar-refractivity contribution in [3.8, 4) is 0 Å². The van der Waals surface area contributed by atoms with Gasteiger partial charge in [0.25, 0.3) is 0 Å². The van der Waals surface area contributed by atoms with Crippen molar-refractivity contribution in [2.75, 3.05) is 30.9 Å². The normalized spacial score (nSPS) is 33.2. The molecule has 0 saturated heterocycles. The lowest BCUT2D eigenvalue weighted by Crippen LogP contribution is -2.35. The monoisotopic (exact) mass is 954 g/mol. The molecule has 0 bridgehead atoms. The highest BCUT2D eigenvalue weighted by atomic mass is 35.5. The van der Waals surface area contributed by atoms with Gasteiger partial charge >= 0.3 is 31.3 Å². The van der Waals surface area contributed by atoms with Crippen molar-refractivity contribution < 1.29 is 85.7 Å². The molecule has 28 nitrogen and oxygen atoms in total. The molecule has 326 valence electrons. The van der Waals surface area contributed by atoms with Crippen LogP contribution in [0.2, 0.25) is 5.28 Å². The third kappa shape index (κ3) is 8.47. The summed E-state index contributed by atoms with van der Waals surface area (Å²) in [5, 5.41) is 42.6. The Bertz CT molecular complexity index is 2510. The fourth-order valence-corrected chi connectivity index (χ4v) is 12.0. The zero-order valence-corrected chi connectivity index (χ0v) is 34.8. The molecule has 4 aliphatic rings. The van der Waals surface area contributed by atoms with Crippen LogP contribution in [0.1, 0.15) is 24.9 Å². The summed E-state index contributed by atoms with van der Waals surface area (Å²) in [5.74, 6) is -0.607. The molecule has 4 aromatic heterocycles. The molecule has 4 aromatic rings. The Hall–Kier alpha value is -2.30. The zero-order valence-electron chi connectivity index (χ0n) is 29.6. The Morgan fingerprint density at radius 1 is 0.729 bits per heavy atom. The molecule has 4 saturated carbocycles. The van der Waals surface area contributed by atoms with Gasteiger partial charge in [0.05, 0.1) is 50.2 Å². The van der Waals surface area contributed by atoms with Gasteiger partial charge in [0.1, 0.15) is 23.2 Å². The third-order valence-corrected chi connectivity index (χ3v) is 15.8. The number of anilines is 2. The number of aromatic nitrogens is 8. The molecule has 4 heterocycles. The largest absolute Gasteiger partial charge is 0.481 e. The van der Waals surface area contributed by atoms with Gasteiger partial charge in [-0.3, -0.25) is 9.05 Å². The van der Waals surface area contributed by atoms with Crippen molar-refractivity contribution in [3.63, 3.8) is 0 Å². The molecule has 0 spiro atoms. The van der Waals surface area contributed by atoms with Crippen LogP contribution in [0.25, 0.3) is 22.3 Å². The van der Waals surface area contributed by atoms with Crippen molar-refractivity contribution in [1.82, 2.24) is 39.0 Å². The number of hydrogen-bond acceptors (Lipinski definition) is 21. The first-order chi connectivity index (χ1) is 27.2. The number of thioether (sulfide) groups is 1. The van der Waals surface area contributed by atoms with E-state index in [1.807, 2.05) is 0 Å². The number of aliphatic hydroxyl groups is 4. The first-order valence-corrected chi connectivity index (χ1v) is 24.3. The molecule has 4 fully saturated rings. The summed E-state index contributed by atoms with van der Waals surface area (Å²) in [6, 6.07) is -1.41. The van der Waals surface area contributed by atoms with Gasteiger partial charge in [-0.05, 0) is 42.5 Å². The molecule has 0 aliphatic heterocycles. The number of aliphatic hydroxyl groups excluding tert-OH is 4. The van der Waals surface area contributed by atoms with Crippen molar-refractivity contribution in [2.24, 2.45) is 22.7 Å². The van der Waals surface area contributed by atoms with E-state index in [9.17, 15) is 48.5 Å². The molecule has 0 amide bonds. The molecule has 4 aliphatic carbocycles. The van der Waals surface area contributed by atoms with E-state index >= 15 is 0 Å². The lowest BCUT2D eigenvalue weighted by Gasteiger charge is -2.24. The Morgan fingerprint density at radius 3 is 1.54 bits per heavy atom. The average molecular weight is 955 g/mol. The van der Waals surface area contributed by atoms with Crippen molar-refractivity contribution in [3.05, 3.63) is 17.9 Å². The smallest absolute Gasteiger partial charge is 0.390 e. The van der Waals surface area contributed by atoms with E-state index in [-0.39, 0.29) is 34.0 Å². The van der Waals surface area contributed by atoms with Crippen LogP contribution in [0.3, 0.4) is 0 Å². The molecule has 8 rings (SSSR count). The maximum atomic E-state index is 11.8. The number of nitrogens with zero attached hydrogens (tertiary/aromatic N) is 8. The van der Waals surface area contributed by atoms with E-state index in [0.29, 0.717) is 29.2 Å². The SMILES string of the molecule is CSc1nc(N)c2ncn(C3C(O)C(O)C4(COP(=O)(O)OP(=O)(O)O)CC34)c2n1.Nc1nc(Cl)nc2c1ncn2C1C(O)C(O)C2(COP(=O)(O)OP(=O)(O)O)CC12. The van der Waals surface area contributed by atoms with Crippen LogP contribution in [-0.4, -0.2) is 133 Å². The second kappa shape index (κ2) is 15.2. The number of fused-ring (bicyclic) bond motifs is 4. The van der Waals surface area contributed by atoms with Crippen LogP contribution in [0.4, 0.5) is 11.6 Å². The van der Waals surface area contributed by atoms with Gasteiger partial charge in [0, 0.05) is 10.8 Å². The van der Waals surface area contributed by atoms with Gasteiger partial charge in [0.2, 0.25) is 5.28 Å². The maximum absolute atomic E-state index is 11.8. The van der Waals surface area contributed by atoms with Crippen LogP contribution < -0.4 is 11.5 Å². The quantitative estimate of drug-likeness (QED) is 0.0444. The molecule has 59 heavy (non-hydrogen) atoms. The van der Waals surface area contributed by atoms with Gasteiger partial charge in [0.15, 0.2) is 28.1 Å². The van der Waals surface area contributed by atoms with Crippen molar-refractivity contribution >= 4 is 88.6 Å². The number of phosphoric acid groups is 4. The van der Waals surface area contributed by atoms with Crippen molar-refractivity contribution in [1.29, 1.82) is 0 Å². The van der Waals surface area contributed by atoms with Gasteiger partial charge < -0.3 is 70.4 Å². The van der Waals surface area contributed by atoms with Crippen LogP contribution >= 0.6 is 54.7 Å². The fourth-order valence-electron chi connectivity index (χ4n) is 8.13. The number of nitrogens with two attached hydrogens (primary N) is 2. The summed E-state index contributed by atoms with van der Waals surface area (Å²) in [4.78, 5) is 78.3. The maximum Gasteiger partial charge on any atom is 0.481 e. The summed E-state index contributed by atoms with van der Waals surface area (Å²) in [7, 11) is -20.7. The van der Waals surface area contributed by atoms with Gasteiger partial charge in [-0.15, -0.1) is 0 Å². The van der Waals surface area contributed by atoms with E-state index < -0.39 is 97.8 Å². The molecule has 12 atom stereocenters. The van der Waals surface area contributed by atoms with Gasteiger partial charge in [-0.2, -0.15) is 18.6 Å². The number of imidazole rings is 2. The van der Waals surface area contributed by atoms with Crippen LogP contribution in [-0.2, 0) is 35.9 Å². The minimum absolute atomic E-state index is 0.0352. The van der Waals surface area contributed by atoms with E-state index in [4.69, 9.17) is 47.2 Å². The Kier molecular flexibility index (Phi) is 11.5. The minimum atomic E-state index is -5.27. The van der Waals surface area contributed by atoms with Gasteiger partial charge in [-0.25, -0.2) is 38.2 Å². The summed E-state index contributed by atoms with van der Waals surface area (Å²) < 4.78 is 65.0. The topological polar surface area (TPSA) is 447 Å². The van der Waals surface area contributed by atoms with E-state index in [0.717, 1.165) is 0 Å². The van der Waals surface area contributed by atoms with E-state index in [1.54, 1.807) is 10.8 Å². The fraction of sp³-hybridized carbons (Fsp3) is 0.600. The first kappa shape index (κ1) is 44.7. The van der Waals surface area contributed by atoms with E-state index in [1.165, 1.54) is 29.0 Å². The van der Waals surface area contributed by atoms with Crippen LogP contribution in [0.15, 0.2) is 17.8 Å². The summed E-state index contributed by atoms with van der Waals surface area (Å²) >= 11 is 7.11. The molecule has 0 aromatic carbocycles. The number of phosphoric ester groups is 2. The molecule has 14 N–H and O–H groups in total. The van der Waals surface area contributed by atoms with E-state index in [2.05, 4.69) is 43.0 Å². The van der Waals surface area contributed by atoms with Crippen molar-refractivity contribution in [2.45, 2.75) is 54.5 Å². The lowest BCUT2D eigenvalue weighted by molar-refractivity contribution is -0.0298. The average Bonchev–Trinajstić information content (AvgIpc) is 3.83. The third-order valence-electron chi connectivity index (χ3n) is 10.8. The standard InChI is InChI=1S/C13H19N5O9P2S.C12H16ClN5O9P2/c1-30-12-16-10(14)6-11(17-12)18(4-15-6)7-5-2-13(5,9(20)8(7)19)3-26-29(24,25)27-28(21,22)23;13-11-16-9(14)5-10(17-11)18(3-15-5)6-4-1-12(4,8(20)7(6)19)2-26-29(24,25)27-28(21,22)23/h4-5,7-9,19-20H,2-3H2,1H3,(H,24,25)(H2,14,16,17)(H2,21,22,23);3-4,6-8,19-20H,1-2H2,(H,24,25)(H2,14,16,17)(H2,21,22,23). The molecule has 0 radical (unpaired) electrons. The Morgan fingerprint density at radius 2 is 1.14 bits per heavy atom. The molecule has 12 unspecified atom stereocenters. The first-order valence-electron chi connectivity index (χ1n) is 16.6. The predicted octanol–water partition coefficient (Wildman–Crippen LogP) is -0.790. The molecular formula is C25H35ClN10O18P4S. The lowest BCUT2D eigenvalue weighted by atomic mass is 10.0. The second-order valence-electron chi connectivity index (χ2n) is 14.2. The predicted molar refractivity (Wildman–Crippen MR) is 197 cm³/mol. The molecule has 34 heteroatoms. The number of hydrogen-bond donors (Lipinski definition) is 12. The number of rotatable bonds is 13. The Labute approximate surface area is 338 Å². The van der Waals surface area contributed by atoms with Crippen LogP contribution in [0, 0.1) is 22.7 Å². The highest BCUT2D eigenvalue weighted by Crippen LogP contribution is 2.71. The highest BCUT2D eigenvalue weighted by Gasteiger charge is 2.73. The zero-order chi connectivity index (χ0) is 43.4. The number of halogens is 1. The summed E-state index contributed by atoms with van der Waals surface area (Å²) in [6.45, 7) is -1.13. The number of nitrogen functional groups attached to an aromatic ring is 2.